The van der Waals surface area contributed by atoms with E-state index in [1.54, 1.807) is 20.8 Å². The highest BCUT2D eigenvalue weighted by atomic mass is 35.5. The van der Waals surface area contributed by atoms with Gasteiger partial charge in [-0.1, -0.05) is 0 Å². The van der Waals surface area contributed by atoms with Gasteiger partial charge in [0, 0.05) is 12.5 Å². The number of carbonyl (C=O) groups excluding carboxylic acids is 2. The third-order valence-electron chi connectivity index (χ3n) is 2.48. The van der Waals surface area contributed by atoms with E-state index in [1.807, 2.05) is 20.8 Å². The van der Waals surface area contributed by atoms with E-state index in [2.05, 4.69) is 0 Å². The van der Waals surface area contributed by atoms with Crippen LogP contribution in [0.25, 0.3) is 0 Å². The van der Waals surface area contributed by atoms with Crippen LogP contribution in [-0.4, -0.2) is 35.2 Å². The first-order valence-corrected chi connectivity index (χ1v) is 7.28. The molecule has 4 N–H and O–H groups in total. The standard InChI is InChI=1S/C15H30N2O4.2ClH/c1-14(2,3)20-11(18)9-7-8-10(16)12(17)13(19)21-15(4,5)6;;/h10,12H,7-9,16-17H2,1-6H3;2*1H/t10-,12+;;/m0../s1. The molecule has 23 heavy (non-hydrogen) atoms. The fraction of sp³-hybridized carbons (Fsp3) is 0.867. The lowest BCUT2D eigenvalue weighted by Gasteiger charge is -2.25. The lowest BCUT2D eigenvalue weighted by Crippen LogP contribution is -2.49. The van der Waals surface area contributed by atoms with E-state index in [-0.39, 0.29) is 37.2 Å². The minimum atomic E-state index is -0.886. The molecule has 2 atom stereocenters. The number of hydrogen-bond donors (Lipinski definition) is 2. The molecule has 6 nitrogen and oxygen atoms in total. The van der Waals surface area contributed by atoms with Crippen LogP contribution in [0.15, 0.2) is 0 Å². The summed E-state index contributed by atoms with van der Waals surface area (Å²) in [6.45, 7) is 10.8. The first-order valence-electron chi connectivity index (χ1n) is 7.28. The molecule has 0 spiro atoms. The number of halogens is 2. The zero-order valence-corrected chi connectivity index (χ0v) is 16.5. The summed E-state index contributed by atoms with van der Waals surface area (Å²) in [6, 6.07) is -1.43. The van der Waals surface area contributed by atoms with Crippen molar-refractivity contribution in [3.63, 3.8) is 0 Å². The summed E-state index contributed by atoms with van der Waals surface area (Å²) in [5.41, 5.74) is 10.6. The van der Waals surface area contributed by atoms with Crippen molar-refractivity contribution in [2.24, 2.45) is 11.5 Å². The van der Waals surface area contributed by atoms with Gasteiger partial charge in [-0.15, -0.1) is 24.8 Å². The Morgan fingerprint density at radius 2 is 1.35 bits per heavy atom. The Labute approximate surface area is 151 Å². The first kappa shape index (κ1) is 27.3. The number of nitrogens with two attached hydrogens (primary N) is 2. The van der Waals surface area contributed by atoms with Gasteiger partial charge in [-0.2, -0.15) is 0 Å². The van der Waals surface area contributed by atoms with Crippen LogP contribution >= 0.6 is 24.8 Å². The number of ether oxygens (including phenoxy) is 2. The fourth-order valence-corrected chi connectivity index (χ4v) is 1.60. The van der Waals surface area contributed by atoms with Crippen molar-refractivity contribution < 1.29 is 19.1 Å². The maximum atomic E-state index is 11.8. The Bertz CT molecular complexity index is 365. The van der Waals surface area contributed by atoms with Crippen LogP contribution in [0.5, 0.6) is 0 Å². The summed E-state index contributed by atoms with van der Waals surface area (Å²) >= 11 is 0. The SMILES string of the molecule is CC(C)(C)OC(=O)CCC[C@H](N)[C@@H](N)C(=O)OC(C)(C)C.Cl.Cl. The number of carbonyl (C=O) groups is 2. The van der Waals surface area contributed by atoms with Gasteiger partial charge in [-0.25, -0.2) is 0 Å². The van der Waals surface area contributed by atoms with Gasteiger partial charge >= 0.3 is 11.9 Å². The molecule has 0 aliphatic carbocycles. The zero-order chi connectivity index (χ0) is 16.8. The molecule has 0 aromatic rings. The van der Waals surface area contributed by atoms with E-state index in [0.29, 0.717) is 12.8 Å². The monoisotopic (exact) mass is 374 g/mol. The summed E-state index contributed by atoms with van der Waals surface area (Å²) in [7, 11) is 0. The highest BCUT2D eigenvalue weighted by Gasteiger charge is 2.27. The van der Waals surface area contributed by atoms with Crippen LogP contribution in [0.4, 0.5) is 0 Å². The second kappa shape index (κ2) is 11.1. The minimum absolute atomic E-state index is 0. The maximum Gasteiger partial charge on any atom is 0.325 e. The molecule has 8 heteroatoms. The Kier molecular flexibility index (Phi) is 13.1. The van der Waals surface area contributed by atoms with E-state index in [4.69, 9.17) is 20.9 Å². The van der Waals surface area contributed by atoms with Crippen LogP contribution in [0.1, 0.15) is 60.8 Å². The van der Waals surface area contributed by atoms with Gasteiger partial charge in [0.15, 0.2) is 0 Å². The van der Waals surface area contributed by atoms with Crippen LogP contribution in [0, 0.1) is 0 Å². The summed E-state index contributed by atoms with van der Waals surface area (Å²) in [6.07, 6.45) is 1.23. The van der Waals surface area contributed by atoms with Crippen molar-refractivity contribution in [3.8, 4) is 0 Å². The summed E-state index contributed by atoms with van der Waals surface area (Å²) < 4.78 is 10.4. The molecule has 0 saturated heterocycles. The van der Waals surface area contributed by atoms with Gasteiger partial charge in [0.25, 0.3) is 0 Å². The van der Waals surface area contributed by atoms with Gasteiger partial charge in [0.05, 0.1) is 0 Å². The molecule has 0 rings (SSSR count). The third-order valence-corrected chi connectivity index (χ3v) is 2.48. The molecule has 0 aromatic heterocycles. The molecular formula is C15H32Cl2N2O4. The largest absolute Gasteiger partial charge is 0.460 e. The van der Waals surface area contributed by atoms with Crippen molar-refractivity contribution in [3.05, 3.63) is 0 Å². The Hall–Kier alpha value is -0.560. The number of esters is 2. The van der Waals surface area contributed by atoms with Crippen LogP contribution in [0.3, 0.4) is 0 Å². The molecule has 0 heterocycles. The second-order valence-corrected chi connectivity index (χ2v) is 7.20. The quantitative estimate of drug-likeness (QED) is 0.691. The van der Waals surface area contributed by atoms with Gasteiger partial charge in [0.2, 0.25) is 0 Å². The van der Waals surface area contributed by atoms with E-state index >= 15 is 0 Å². The van der Waals surface area contributed by atoms with Crippen LogP contribution in [0.2, 0.25) is 0 Å². The van der Waals surface area contributed by atoms with Gasteiger partial charge in [-0.05, 0) is 54.4 Å². The van der Waals surface area contributed by atoms with Gasteiger partial charge in [0.1, 0.15) is 17.2 Å². The molecule has 0 bridgehead atoms. The predicted molar refractivity (Wildman–Crippen MR) is 96.0 cm³/mol. The molecule has 140 valence electrons. The van der Waals surface area contributed by atoms with Crippen LogP contribution in [-0.2, 0) is 19.1 Å². The average Bonchev–Trinajstić information content (AvgIpc) is 2.22. The van der Waals surface area contributed by atoms with Crippen molar-refractivity contribution in [1.29, 1.82) is 0 Å². The Balaban J connectivity index is -0.00000200. The van der Waals surface area contributed by atoms with Crippen molar-refractivity contribution in [2.45, 2.75) is 84.1 Å². The lowest BCUT2D eigenvalue weighted by molar-refractivity contribution is -0.157. The molecule has 0 aliphatic heterocycles. The highest BCUT2D eigenvalue weighted by molar-refractivity contribution is 5.85. The zero-order valence-electron chi connectivity index (χ0n) is 14.9. The molecular weight excluding hydrogens is 343 g/mol. The second-order valence-electron chi connectivity index (χ2n) is 7.20. The van der Waals surface area contributed by atoms with Crippen molar-refractivity contribution >= 4 is 36.8 Å². The number of rotatable bonds is 6. The third kappa shape index (κ3) is 14.7. The van der Waals surface area contributed by atoms with E-state index in [1.165, 1.54) is 0 Å². The predicted octanol–water partition coefficient (Wildman–Crippen LogP) is 2.34. The minimum Gasteiger partial charge on any atom is -0.460 e. The normalized spacial score (nSPS) is 13.9. The number of hydrogen-bond acceptors (Lipinski definition) is 6. The fourth-order valence-electron chi connectivity index (χ4n) is 1.60. The molecule has 0 saturated carbocycles. The van der Waals surface area contributed by atoms with Crippen molar-refractivity contribution in [1.82, 2.24) is 0 Å². The highest BCUT2D eigenvalue weighted by Crippen LogP contribution is 2.12. The topological polar surface area (TPSA) is 105 Å². The molecule has 0 unspecified atom stereocenters. The van der Waals surface area contributed by atoms with E-state index < -0.39 is 29.3 Å². The first-order chi connectivity index (χ1) is 9.32. The molecule has 0 amide bonds. The summed E-state index contributed by atoms with van der Waals surface area (Å²) in [5, 5.41) is 0. The molecule has 0 aliphatic rings. The van der Waals surface area contributed by atoms with E-state index in [0.717, 1.165) is 0 Å². The summed E-state index contributed by atoms with van der Waals surface area (Å²) in [4.78, 5) is 23.3. The van der Waals surface area contributed by atoms with E-state index in [9.17, 15) is 9.59 Å². The van der Waals surface area contributed by atoms with Crippen LogP contribution < -0.4 is 11.5 Å². The average molecular weight is 375 g/mol. The molecule has 0 fully saturated rings. The Morgan fingerprint density at radius 3 is 1.74 bits per heavy atom. The van der Waals surface area contributed by atoms with Gasteiger partial charge < -0.3 is 20.9 Å². The van der Waals surface area contributed by atoms with Gasteiger partial charge in [-0.3, -0.25) is 9.59 Å². The smallest absolute Gasteiger partial charge is 0.325 e. The molecule has 0 aromatic carbocycles. The summed E-state index contributed by atoms with van der Waals surface area (Å²) in [5.74, 6) is -0.798. The van der Waals surface area contributed by atoms with Crippen molar-refractivity contribution in [2.75, 3.05) is 0 Å². The molecule has 0 radical (unpaired) electrons. The maximum absolute atomic E-state index is 11.8. The Morgan fingerprint density at radius 1 is 0.913 bits per heavy atom. The lowest BCUT2D eigenvalue weighted by atomic mass is 10.0.